The lowest BCUT2D eigenvalue weighted by atomic mass is 10.2. The Morgan fingerprint density at radius 1 is 1.00 bits per heavy atom. The molecule has 1 N–H and O–H groups in total. The summed E-state index contributed by atoms with van der Waals surface area (Å²) in [5.41, 5.74) is 2.93. The third-order valence-electron chi connectivity index (χ3n) is 5.18. The minimum atomic E-state index is -3.49. The zero-order valence-corrected chi connectivity index (χ0v) is 18.2. The molecular formula is C22H30N2O4S. The molecule has 1 atom stereocenters. The van der Waals surface area contributed by atoms with Crippen molar-refractivity contribution in [2.75, 3.05) is 39.3 Å². The Hall–Kier alpha value is -1.93. The van der Waals surface area contributed by atoms with Gasteiger partial charge < -0.3 is 9.84 Å². The first-order valence-electron chi connectivity index (χ1n) is 9.93. The minimum Gasteiger partial charge on any atom is -0.491 e. The zero-order valence-electron chi connectivity index (χ0n) is 17.3. The van der Waals surface area contributed by atoms with Crippen molar-refractivity contribution in [3.63, 3.8) is 0 Å². The molecule has 1 heterocycles. The van der Waals surface area contributed by atoms with E-state index >= 15 is 0 Å². The van der Waals surface area contributed by atoms with E-state index in [9.17, 15) is 13.5 Å². The van der Waals surface area contributed by atoms with Crippen LogP contribution in [0.4, 0.5) is 0 Å². The van der Waals surface area contributed by atoms with Crippen LogP contribution in [0.2, 0.25) is 0 Å². The van der Waals surface area contributed by atoms with Gasteiger partial charge in [0.1, 0.15) is 18.5 Å². The van der Waals surface area contributed by atoms with Gasteiger partial charge in [-0.15, -0.1) is 0 Å². The lowest BCUT2D eigenvalue weighted by molar-refractivity contribution is 0.0569. The van der Waals surface area contributed by atoms with Crippen LogP contribution in [-0.2, 0) is 10.0 Å². The molecule has 2 aromatic rings. The van der Waals surface area contributed by atoms with Gasteiger partial charge in [0.25, 0.3) is 0 Å². The number of nitrogens with zero attached hydrogens (tertiary/aromatic N) is 2. The number of sulfonamides is 1. The SMILES string of the molecule is Cc1cccc(OC[C@H](O)CN2CCN(S(=O)(=O)c3ccc(C)cc3C)CC2)c1. The summed E-state index contributed by atoms with van der Waals surface area (Å²) in [6.45, 7) is 8.47. The second-order valence-corrected chi connectivity index (χ2v) is 9.66. The van der Waals surface area contributed by atoms with Crippen LogP contribution in [0.25, 0.3) is 0 Å². The number of ether oxygens (including phenoxy) is 1. The maximum Gasteiger partial charge on any atom is 0.243 e. The first-order chi connectivity index (χ1) is 13.8. The number of β-amino-alcohol motifs (C(OH)–C–C–N with tert-alkyl or cyclic N) is 1. The molecule has 0 radical (unpaired) electrons. The van der Waals surface area contributed by atoms with Gasteiger partial charge in [0.05, 0.1) is 4.90 Å². The average molecular weight is 419 g/mol. The van der Waals surface area contributed by atoms with E-state index in [4.69, 9.17) is 4.74 Å². The lowest BCUT2D eigenvalue weighted by Crippen LogP contribution is -2.50. The van der Waals surface area contributed by atoms with Crippen LogP contribution in [0.3, 0.4) is 0 Å². The molecule has 1 aliphatic rings. The van der Waals surface area contributed by atoms with Gasteiger partial charge in [-0.1, -0.05) is 29.8 Å². The number of aliphatic hydroxyl groups is 1. The Morgan fingerprint density at radius 3 is 2.34 bits per heavy atom. The van der Waals surface area contributed by atoms with E-state index in [2.05, 4.69) is 4.90 Å². The number of hydrogen-bond acceptors (Lipinski definition) is 5. The Bertz CT molecular complexity index is 938. The first kappa shape index (κ1) is 21.8. The molecule has 0 spiro atoms. The molecule has 0 amide bonds. The maximum atomic E-state index is 13.0. The third-order valence-corrected chi connectivity index (χ3v) is 7.24. The molecular weight excluding hydrogens is 388 g/mol. The monoisotopic (exact) mass is 418 g/mol. The van der Waals surface area contributed by atoms with Crippen molar-refractivity contribution >= 4 is 10.0 Å². The molecule has 1 aliphatic heterocycles. The number of piperazine rings is 1. The molecule has 7 heteroatoms. The highest BCUT2D eigenvalue weighted by Crippen LogP contribution is 2.22. The highest BCUT2D eigenvalue weighted by Gasteiger charge is 2.30. The summed E-state index contributed by atoms with van der Waals surface area (Å²) in [5, 5.41) is 10.3. The van der Waals surface area contributed by atoms with Crippen LogP contribution in [0.5, 0.6) is 5.75 Å². The highest BCUT2D eigenvalue weighted by molar-refractivity contribution is 7.89. The normalized spacial score (nSPS) is 17.2. The van der Waals surface area contributed by atoms with Crippen LogP contribution >= 0.6 is 0 Å². The number of hydrogen-bond donors (Lipinski definition) is 1. The summed E-state index contributed by atoms with van der Waals surface area (Å²) in [6, 6.07) is 13.1. The minimum absolute atomic E-state index is 0.213. The third kappa shape index (κ3) is 5.57. The van der Waals surface area contributed by atoms with E-state index in [1.54, 1.807) is 6.07 Å². The fourth-order valence-electron chi connectivity index (χ4n) is 3.63. The molecule has 0 aliphatic carbocycles. The molecule has 0 unspecified atom stereocenters. The molecule has 29 heavy (non-hydrogen) atoms. The molecule has 1 saturated heterocycles. The fraction of sp³-hybridized carbons (Fsp3) is 0.455. The van der Waals surface area contributed by atoms with E-state index in [-0.39, 0.29) is 6.61 Å². The van der Waals surface area contributed by atoms with E-state index in [1.165, 1.54) is 4.31 Å². The summed E-state index contributed by atoms with van der Waals surface area (Å²) in [5.74, 6) is 0.744. The largest absolute Gasteiger partial charge is 0.491 e. The Balaban J connectivity index is 1.50. The Kier molecular flexibility index (Phi) is 6.95. The van der Waals surface area contributed by atoms with E-state index in [0.717, 1.165) is 22.4 Å². The molecule has 0 aromatic heterocycles. The van der Waals surface area contributed by atoms with Gasteiger partial charge in [0.2, 0.25) is 10.0 Å². The van der Waals surface area contributed by atoms with Crippen molar-refractivity contribution in [1.29, 1.82) is 0 Å². The first-order valence-corrected chi connectivity index (χ1v) is 11.4. The highest BCUT2D eigenvalue weighted by atomic mass is 32.2. The summed E-state index contributed by atoms with van der Waals surface area (Å²) in [4.78, 5) is 2.46. The van der Waals surface area contributed by atoms with Gasteiger partial charge in [-0.25, -0.2) is 8.42 Å². The van der Waals surface area contributed by atoms with Gasteiger partial charge in [-0.3, -0.25) is 4.90 Å². The van der Waals surface area contributed by atoms with Crippen LogP contribution < -0.4 is 4.74 Å². The second-order valence-electron chi connectivity index (χ2n) is 7.75. The van der Waals surface area contributed by atoms with E-state index in [0.29, 0.717) is 37.6 Å². The average Bonchev–Trinajstić information content (AvgIpc) is 2.66. The van der Waals surface area contributed by atoms with Crippen molar-refractivity contribution in [2.24, 2.45) is 0 Å². The number of benzene rings is 2. The van der Waals surface area contributed by atoms with Gasteiger partial charge in [0.15, 0.2) is 0 Å². The fourth-order valence-corrected chi connectivity index (χ4v) is 5.26. The van der Waals surface area contributed by atoms with Crippen molar-refractivity contribution < 1.29 is 18.3 Å². The second kappa shape index (κ2) is 9.26. The molecule has 2 aromatic carbocycles. The molecule has 0 bridgehead atoms. The summed E-state index contributed by atoms with van der Waals surface area (Å²) in [6.07, 6.45) is -0.627. The maximum absolute atomic E-state index is 13.0. The number of aliphatic hydroxyl groups excluding tert-OH is 1. The van der Waals surface area contributed by atoms with Crippen molar-refractivity contribution in [2.45, 2.75) is 31.8 Å². The van der Waals surface area contributed by atoms with Gasteiger partial charge in [-0.05, 0) is 50.1 Å². The predicted molar refractivity (Wildman–Crippen MR) is 114 cm³/mol. The molecule has 3 rings (SSSR count). The van der Waals surface area contributed by atoms with Crippen molar-refractivity contribution in [1.82, 2.24) is 9.21 Å². The van der Waals surface area contributed by atoms with Crippen LogP contribution in [0, 0.1) is 20.8 Å². The van der Waals surface area contributed by atoms with Crippen LogP contribution in [-0.4, -0.2) is 68.2 Å². The molecule has 158 valence electrons. The quantitative estimate of drug-likeness (QED) is 0.748. The van der Waals surface area contributed by atoms with Gasteiger partial charge in [0, 0.05) is 32.7 Å². The smallest absolute Gasteiger partial charge is 0.243 e. The summed E-state index contributed by atoms with van der Waals surface area (Å²) in [7, 11) is -3.49. The predicted octanol–water partition coefficient (Wildman–Crippen LogP) is 2.36. The molecule has 6 nitrogen and oxygen atoms in total. The number of aryl methyl sites for hydroxylation is 3. The zero-order chi connectivity index (χ0) is 21.0. The van der Waals surface area contributed by atoms with Crippen LogP contribution in [0.1, 0.15) is 16.7 Å². The topological polar surface area (TPSA) is 70.1 Å². The Morgan fingerprint density at radius 2 is 1.69 bits per heavy atom. The van der Waals surface area contributed by atoms with E-state index in [1.807, 2.05) is 57.2 Å². The van der Waals surface area contributed by atoms with Crippen LogP contribution in [0.15, 0.2) is 47.4 Å². The van der Waals surface area contributed by atoms with Gasteiger partial charge in [-0.2, -0.15) is 4.31 Å². The lowest BCUT2D eigenvalue weighted by Gasteiger charge is -2.35. The van der Waals surface area contributed by atoms with E-state index < -0.39 is 16.1 Å². The van der Waals surface area contributed by atoms with Crippen molar-refractivity contribution in [3.05, 3.63) is 59.2 Å². The molecule has 0 saturated carbocycles. The standard InChI is InChI=1S/C22H30N2O4S/c1-17-5-4-6-21(14-17)28-16-20(25)15-23-9-11-24(12-10-23)29(26,27)22-8-7-18(2)13-19(22)3/h4-8,13-14,20,25H,9-12,15-16H2,1-3H3/t20-/m1/s1. The van der Waals surface area contributed by atoms with Gasteiger partial charge >= 0.3 is 0 Å². The molecule has 1 fully saturated rings. The summed E-state index contributed by atoms with van der Waals surface area (Å²) < 4.78 is 33.1. The Labute approximate surface area is 173 Å². The van der Waals surface area contributed by atoms with Crippen molar-refractivity contribution in [3.8, 4) is 5.75 Å². The summed E-state index contributed by atoms with van der Waals surface area (Å²) >= 11 is 0. The number of rotatable bonds is 7.